The highest BCUT2D eigenvalue weighted by atomic mass is 35.5. The normalized spacial score (nSPS) is 11.5. The maximum Gasteiger partial charge on any atom is 0.249 e. The molecule has 3 aromatic carbocycles. The van der Waals surface area contributed by atoms with Crippen LogP contribution in [0, 0.1) is 5.82 Å². The van der Waals surface area contributed by atoms with Gasteiger partial charge < -0.3 is 25.1 Å². The molecule has 0 radical (unpaired) electrons. The standard InChI is InChI=1S/C27H24ClFN4O4/c28-19-3-9-23(10-4-19)37-24-11-7-21(8-12-24)32-27(35)25(33-26(34)13-22-14-30-17-31-22)16-36-15-18-1-5-20(29)6-2-18/h1-12,14,17,25H,13,15-16H2,(H,30,31)(H,32,35)(H,33,34)/t25-/m0/s1. The molecule has 8 nitrogen and oxygen atoms in total. The largest absolute Gasteiger partial charge is 0.457 e. The Balaban J connectivity index is 1.37. The van der Waals surface area contributed by atoms with Crippen molar-refractivity contribution in [2.75, 3.05) is 11.9 Å². The Morgan fingerprint density at radius 1 is 0.973 bits per heavy atom. The van der Waals surface area contributed by atoms with E-state index in [-0.39, 0.29) is 31.4 Å². The van der Waals surface area contributed by atoms with Gasteiger partial charge in [0.25, 0.3) is 0 Å². The van der Waals surface area contributed by atoms with Crippen molar-refractivity contribution < 1.29 is 23.5 Å². The predicted octanol–water partition coefficient (Wildman–Crippen LogP) is 4.88. The SMILES string of the molecule is O=C(Cc1c[nH]cn1)N[C@@H](COCc1ccc(F)cc1)C(=O)Nc1ccc(Oc2ccc(Cl)cc2)cc1. The van der Waals surface area contributed by atoms with Gasteiger partial charge in [0.1, 0.15) is 23.4 Å². The van der Waals surface area contributed by atoms with Crippen LogP contribution < -0.4 is 15.4 Å². The van der Waals surface area contributed by atoms with Crippen LogP contribution in [0.2, 0.25) is 5.02 Å². The molecule has 37 heavy (non-hydrogen) atoms. The minimum Gasteiger partial charge on any atom is -0.457 e. The molecule has 190 valence electrons. The van der Waals surface area contributed by atoms with Gasteiger partial charge in [-0.15, -0.1) is 0 Å². The molecule has 0 aliphatic heterocycles. The Bertz CT molecular complexity index is 1300. The molecule has 0 bridgehead atoms. The summed E-state index contributed by atoms with van der Waals surface area (Å²) in [5.74, 6) is 0.00685. The monoisotopic (exact) mass is 522 g/mol. The smallest absolute Gasteiger partial charge is 0.249 e. The molecule has 1 aromatic heterocycles. The van der Waals surface area contributed by atoms with E-state index in [1.54, 1.807) is 66.9 Å². The molecule has 1 atom stereocenters. The number of hydrogen-bond donors (Lipinski definition) is 3. The number of aromatic nitrogens is 2. The van der Waals surface area contributed by atoms with Gasteiger partial charge >= 0.3 is 0 Å². The highest BCUT2D eigenvalue weighted by Gasteiger charge is 2.22. The van der Waals surface area contributed by atoms with E-state index in [2.05, 4.69) is 20.6 Å². The Labute approximate surface area is 217 Å². The summed E-state index contributed by atoms with van der Waals surface area (Å²) in [4.78, 5) is 32.4. The number of carbonyl (C=O) groups is 2. The number of amides is 2. The summed E-state index contributed by atoms with van der Waals surface area (Å²) >= 11 is 5.90. The van der Waals surface area contributed by atoms with Crippen LogP contribution in [-0.2, 0) is 27.4 Å². The maximum absolute atomic E-state index is 13.1. The molecule has 4 aromatic rings. The maximum atomic E-state index is 13.1. The quantitative estimate of drug-likeness (QED) is 0.260. The second kappa shape index (κ2) is 12.7. The van der Waals surface area contributed by atoms with Gasteiger partial charge in [-0.25, -0.2) is 9.37 Å². The van der Waals surface area contributed by atoms with E-state index in [4.69, 9.17) is 21.1 Å². The van der Waals surface area contributed by atoms with Gasteiger partial charge in [-0.3, -0.25) is 9.59 Å². The van der Waals surface area contributed by atoms with Crippen LogP contribution in [-0.4, -0.2) is 34.4 Å². The van der Waals surface area contributed by atoms with Crippen molar-refractivity contribution in [1.29, 1.82) is 0 Å². The fourth-order valence-corrected chi connectivity index (χ4v) is 3.46. The fourth-order valence-electron chi connectivity index (χ4n) is 3.33. The molecule has 4 rings (SSSR count). The summed E-state index contributed by atoms with van der Waals surface area (Å²) < 4.78 is 24.6. The number of nitrogens with one attached hydrogen (secondary N) is 3. The van der Waals surface area contributed by atoms with Crippen LogP contribution in [0.25, 0.3) is 0 Å². The van der Waals surface area contributed by atoms with E-state index >= 15 is 0 Å². The zero-order valence-electron chi connectivity index (χ0n) is 19.6. The molecule has 10 heteroatoms. The fraction of sp³-hybridized carbons (Fsp3) is 0.148. The Hall–Kier alpha value is -4.21. The second-order valence-corrected chi connectivity index (χ2v) is 8.51. The van der Waals surface area contributed by atoms with Gasteiger partial charge in [0, 0.05) is 16.9 Å². The number of ether oxygens (including phenoxy) is 2. The topological polar surface area (TPSA) is 105 Å². The summed E-state index contributed by atoms with van der Waals surface area (Å²) in [6, 6.07) is 18.6. The third kappa shape index (κ3) is 8.16. The lowest BCUT2D eigenvalue weighted by Gasteiger charge is -2.19. The zero-order valence-corrected chi connectivity index (χ0v) is 20.4. The first kappa shape index (κ1) is 25.9. The number of nitrogens with zero attached hydrogens (tertiary/aromatic N) is 1. The van der Waals surface area contributed by atoms with Gasteiger partial charge in [-0.05, 0) is 66.2 Å². The lowest BCUT2D eigenvalue weighted by Crippen LogP contribution is -2.47. The molecule has 1 heterocycles. The molecule has 2 amide bonds. The average Bonchev–Trinajstić information content (AvgIpc) is 3.40. The van der Waals surface area contributed by atoms with E-state index in [0.29, 0.717) is 27.9 Å². The van der Waals surface area contributed by atoms with E-state index in [1.807, 2.05) is 0 Å². The number of aromatic amines is 1. The third-order valence-electron chi connectivity index (χ3n) is 5.19. The number of hydrogen-bond acceptors (Lipinski definition) is 5. The lowest BCUT2D eigenvalue weighted by atomic mass is 10.2. The molecule has 0 spiro atoms. The molecule has 3 N–H and O–H groups in total. The van der Waals surface area contributed by atoms with Gasteiger partial charge in [-0.2, -0.15) is 0 Å². The summed E-state index contributed by atoms with van der Waals surface area (Å²) in [7, 11) is 0. The Kier molecular flexibility index (Phi) is 8.85. The van der Waals surface area contributed by atoms with Crippen LogP contribution in [0.4, 0.5) is 10.1 Å². The molecule has 0 saturated heterocycles. The first-order valence-corrected chi connectivity index (χ1v) is 11.8. The van der Waals surface area contributed by atoms with Crippen LogP contribution in [0.1, 0.15) is 11.3 Å². The number of carbonyl (C=O) groups excluding carboxylic acids is 2. The third-order valence-corrected chi connectivity index (χ3v) is 5.44. The van der Waals surface area contributed by atoms with Crippen LogP contribution in [0.15, 0.2) is 85.3 Å². The van der Waals surface area contributed by atoms with Crippen molar-refractivity contribution in [2.24, 2.45) is 0 Å². The van der Waals surface area contributed by atoms with Crippen molar-refractivity contribution >= 4 is 29.1 Å². The van der Waals surface area contributed by atoms with Crippen molar-refractivity contribution in [3.05, 3.63) is 107 Å². The van der Waals surface area contributed by atoms with Crippen LogP contribution in [0.3, 0.4) is 0 Å². The van der Waals surface area contributed by atoms with E-state index in [9.17, 15) is 14.0 Å². The van der Waals surface area contributed by atoms with Crippen LogP contribution in [0.5, 0.6) is 11.5 Å². The first-order chi connectivity index (χ1) is 17.9. The predicted molar refractivity (Wildman–Crippen MR) is 137 cm³/mol. The van der Waals surface area contributed by atoms with Gasteiger partial charge in [0.2, 0.25) is 11.8 Å². The van der Waals surface area contributed by atoms with Gasteiger partial charge in [0.05, 0.1) is 31.7 Å². The minimum absolute atomic E-state index is 0.00196. The molecular weight excluding hydrogens is 499 g/mol. The number of anilines is 1. The van der Waals surface area contributed by atoms with Crippen molar-refractivity contribution in [1.82, 2.24) is 15.3 Å². The van der Waals surface area contributed by atoms with Crippen molar-refractivity contribution in [2.45, 2.75) is 19.1 Å². The Morgan fingerprint density at radius 3 is 2.30 bits per heavy atom. The zero-order chi connectivity index (χ0) is 26.0. The number of rotatable bonds is 11. The Morgan fingerprint density at radius 2 is 1.65 bits per heavy atom. The van der Waals surface area contributed by atoms with Gasteiger partial charge in [-0.1, -0.05) is 23.7 Å². The molecule has 0 aliphatic rings. The van der Waals surface area contributed by atoms with E-state index in [1.165, 1.54) is 18.5 Å². The average molecular weight is 523 g/mol. The van der Waals surface area contributed by atoms with Crippen LogP contribution >= 0.6 is 11.6 Å². The number of halogens is 2. The summed E-state index contributed by atoms with van der Waals surface area (Å²) in [6.07, 6.45) is 3.08. The molecule has 0 fully saturated rings. The second-order valence-electron chi connectivity index (χ2n) is 8.07. The van der Waals surface area contributed by atoms with E-state index in [0.717, 1.165) is 5.56 Å². The number of benzene rings is 3. The summed E-state index contributed by atoms with van der Waals surface area (Å²) in [5.41, 5.74) is 1.79. The molecule has 0 unspecified atom stereocenters. The number of H-pyrrole nitrogens is 1. The minimum atomic E-state index is -0.975. The summed E-state index contributed by atoms with van der Waals surface area (Å²) in [5, 5.41) is 6.09. The van der Waals surface area contributed by atoms with E-state index < -0.39 is 11.9 Å². The number of imidazole rings is 1. The highest BCUT2D eigenvalue weighted by Crippen LogP contribution is 2.24. The molecular formula is C27H24ClFN4O4. The first-order valence-electron chi connectivity index (χ1n) is 11.4. The molecule has 0 aliphatic carbocycles. The summed E-state index contributed by atoms with van der Waals surface area (Å²) in [6.45, 7) is 0.0588. The highest BCUT2D eigenvalue weighted by molar-refractivity contribution is 6.30. The molecule has 0 saturated carbocycles. The van der Waals surface area contributed by atoms with Gasteiger partial charge in [0.15, 0.2) is 0 Å². The van der Waals surface area contributed by atoms with Crippen molar-refractivity contribution in [3.8, 4) is 11.5 Å². The lowest BCUT2D eigenvalue weighted by molar-refractivity contribution is -0.127. The van der Waals surface area contributed by atoms with Crippen molar-refractivity contribution in [3.63, 3.8) is 0 Å².